The number of aromatic carboxylic acids is 1. The molecule has 0 fully saturated rings. The van der Waals surface area contributed by atoms with Crippen LogP contribution in [-0.4, -0.2) is 35.2 Å². The highest BCUT2D eigenvalue weighted by Gasteiger charge is 2.18. The van der Waals surface area contributed by atoms with E-state index in [4.69, 9.17) is 14.6 Å². The van der Waals surface area contributed by atoms with Gasteiger partial charge < -0.3 is 19.7 Å². The van der Waals surface area contributed by atoms with Crippen LogP contribution in [0.25, 0.3) is 0 Å². The minimum atomic E-state index is -1.31. The number of nitrogens with zero attached hydrogens (tertiary/aromatic N) is 2. The molecule has 2 N–H and O–H groups in total. The van der Waals surface area contributed by atoms with Crippen molar-refractivity contribution in [1.82, 2.24) is 0 Å². The summed E-state index contributed by atoms with van der Waals surface area (Å²) >= 11 is 0. The van der Waals surface area contributed by atoms with E-state index in [0.29, 0.717) is 5.56 Å². The number of hydrogen-bond donors (Lipinski definition) is 2. The lowest BCUT2D eigenvalue weighted by Crippen LogP contribution is -2.12. The van der Waals surface area contributed by atoms with Crippen LogP contribution in [0.1, 0.15) is 31.1 Å². The minimum absolute atomic E-state index is 0.0163. The fourth-order valence-electron chi connectivity index (χ4n) is 2.54. The van der Waals surface area contributed by atoms with E-state index in [1.807, 2.05) is 0 Å². The number of carbonyl (C=O) groups is 3. The van der Waals surface area contributed by atoms with Crippen LogP contribution in [0, 0.1) is 0 Å². The maximum absolute atomic E-state index is 12.3. The number of carbonyl (C=O) groups excluding carboxylic acids is 2. The van der Waals surface area contributed by atoms with Gasteiger partial charge in [-0.1, -0.05) is 18.2 Å². The van der Waals surface area contributed by atoms with Crippen molar-refractivity contribution in [2.24, 2.45) is 10.2 Å². The minimum Gasteiger partial charge on any atom is -0.507 e. The van der Waals surface area contributed by atoms with Gasteiger partial charge in [0.2, 0.25) is 0 Å². The van der Waals surface area contributed by atoms with Gasteiger partial charge in [0.1, 0.15) is 22.6 Å². The zero-order chi connectivity index (χ0) is 22.4. The molecule has 0 aliphatic heterocycles. The van der Waals surface area contributed by atoms with Crippen LogP contribution >= 0.6 is 0 Å². The van der Waals surface area contributed by atoms with Gasteiger partial charge in [-0.2, -0.15) is 10.2 Å². The van der Waals surface area contributed by atoms with Crippen LogP contribution in [0.15, 0.2) is 77.0 Å². The highest BCUT2D eigenvalue weighted by atomic mass is 16.5. The highest BCUT2D eigenvalue weighted by molar-refractivity contribution is 5.97. The highest BCUT2D eigenvalue weighted by Crippen LogP contribution is 2.29. The average molecular weight is 420 g/mol. The Morgan fingerprint density at radius 3 is 2.03 bits per heavy atom. The number of benzene rings is 3. The summed E-state index contributed by atoms with van der Waals surface area (Å²) in [4.78, 5) is 35.6. The van der Waals surface area contributed by atoms with Crippen molar-refractivity contribution in [2.45, 2.75) is 0 Å². The summed E-state index contributed by atoms with van der Waals surface area (Å²) in [5.41, 5.74) is 0.345. The van der Waals surface area contributed by atoms with E-state index in [9.17, 15) is 19.5 Å². The molecule has 0 aliphatic carbocycles. The Morgan fingerprint density at radius 1 is 0.806 bits per heavy atom. The quantitative estimate of drug-likeness (QED) is 0.340. The molecule has 0 saturated carbocycles. The number of esters is 2. The summed E-state index contributed by atoms with van der Waals surface area (Å²) in [6.07, 6.45) is 0. The number of hydrogen-bond acceptors (Lipinski definition) is 8. The van der Waals surface area contributed by atoms with Crippen LogP contribution in [0.3, 0.4) is 0 Å². The number of rotatable bonds is 6. The van der Waals surface area contributed by atoms with E-state index in [2.05, 4.69) is 10.2 Å². The van der Waals surface area contributed by atoms with Crippen molar-refractivity contribution < 1.29 is 34.1 Å². The van der Waals surface area contributed by atoms with Crippen molar-refractivity contribution in [3.8, 4) is 11.5 Å². The van der Waals surface area contributed by atoms with Gasteiger partial charge in [0, 0.05) is 0 Å². The van der Waals surface area contributed by atoms with Crippen molar-refractivity contribution in [2.75, 3.05) is 7.11 Å². The van der Waals surface area contributed by atoms with Gasteiger partial charge in [0.15, 0.2) is 0 Å². The van der Waals surface area contributed by atoms with Gasteiger partial charge >= 0.3 is 17.9 Å². The molecule has 3 aromatic carbocycles. The molecule has 0 unspecified atom stereocenters. The number of carboxylic acids is 1. The third-order valence-electron chi connectivity index (χ3n) is 4.07. The Balaban J connectivity index is 1.88. The Labute approximate surface area is 176 Å². The summed E-state index contributed by atoms with van der Waals surface area (Å²) in [5.74, 6) is -3.12. The van der Waals surface area contributed by atoms with Crippen LogP contribution in [0.4, 0.5) is 11.4 Å². The van der Waals surface area contributed by atoms with Crippen LogP contribution < -0.4 is 4.74 Å². The second-order valence-electron chi connectivity index (χ2n) is 6.13. The number of methoxy groups -OCH3 is 1. The largest absolute Gasteiger partial charge is 0.507 e. The summed E-state index contributed by atoms with van der Waals surface area (Å²) in [6, 6.07) is 16.1. The van der Waals surface area contributed by atoms with Gasteiger partial charge in [0.05, 0.1) is 24.0 Å². The molecule has 0 saturated heterocycles. The zero-order valence-corrected chi connectivity index (χ0v) is 16.2. The molecule has 0 heterocycles. The molecule has 3 rings (SSSR count). The van der Waals surface area contributed by atoms with Crippen LogP contribution in [0.5, 0.6) is 11.5 Å². The normalized spacial score (nSPS) is 10.6. The molecule has 0 bridgehead atoms. The van der Waals surface area contributed by atoms with Crippen molar-refractivity contribution in [3.05, 3.63) is 83.4 Å². The molecule has 0 aromatic heterocycles. The van der Waals surface area contributed by atoms with E-state index >= 15 is 0 Å². The molecule has 0 amide bonds. The molecule has 156 valence electrons. The first-order valence-corrected chi connectivity index (χ1v) is 8.86. The van der Waals surface area contributed by atoms with Gasteiger partial charge in [-0.15, -0.1) is 0 Å². The second kappa shape index (κ2) is 9.31. The van der Waals surface area contributed by atoms with Gasteiger partial charge in [-0.25, -0.2) is 14.4 Å². The van der Waals surface area contributed by atoms with E-state index in [0.717, 1.165) is 6.07 Å². The average Bonchev–Trinajstić information content (AvgIpc) is 2.79. The molecular weight excluding hydrogens is 404 g/mol. The van der Waals surface area contributed by atoms with Crippen molar-refractivity contribution >= 4 is 29.3 Å². The van der Waals surface area contributed by atoms with E-state index in [-0.39, 0.29) is 28.3 Å². The summed E-state index contributed by atoms with van der Waals surface area (Å²) in [5, 5.41) is 26.5. The molecule has 9 heteroatoms. The van der Waals surface area contributed by atoms with Gasteiger partial charge in [0.25, 0.3) is 0 Å². The smallest absolute Gasteiger partial charge is 0.343 e. The van der Waals surface area contributed by atoms with Crippen molar-refractivity contribution in [1.29, 1.82) is 0 Å². The SMILES string of the molecule is COC(=O)c1cc(N=Nc2ccc(O)c(C(=O)O)c2)ccc1OC(=O)c1ccccc1. The molecule has 0 atom stereocenters. The maximum Gasteiger partial charge on any atom is 0.343 e. The predicted molar refractivity (Wildman–Crippen MR) is 108 cm³/mol. The first-order chi connectivity index (χ1) is 14.9. The molecule has 0 radical (unpaired) electrons. The standard InChI is InChI=1S/C22H16N2O7/c1-30-22(29)17-12-15(24-23-14-7-9-18(25)16(11-14)20(26)27)8-10-19(17)31-21(28)13-5-3-2-4-6-13/h2-12,25H,1H3,(H,26,27). The number of ether oxygens (including phenoxy) is 2. The lowest BCUT2D eigenvalue weighted by Gasteiger charge is -2.09. The number of phenols is 1. The van der Waals surface area contributed by atoms with E-state index < -0.39 is 23.7 Å². The topological polar surface area (TPSA) is 135 Å². The molecule has 3 aromatic rings. The number of azo groups is 1. The summed E-state index contributed by atoms with van der Waals surface area (Å²) < 4.78 is 10.1. The fraction of sp³-hybridized carbons (Fsp3) is 0.0455. The third-order valence-corrected chi connectivity index (χ3v) is 4.07. The first-order valence-electron chi connectivity index (χ1n) is 8.86. The third kappa shape index (κ3) is 5.10. The van der Waals surface area contributed by atoms with Gasteiger partial charge in [-0.3, -0.25) is 0 Å². The first kappa shape index (κ1) is 21.2. The Morgan fingerprint density at radius 2 is 1.42 bits per heavy atom. The Bertz CT molecular complexity index is 1170. The lowest BCUT2D eigenvalue weighted by molar-refractivity contribution is 0.0591. The fourth-order valence-corrected chi connectivity index (χ4v) is 2.54. The maximum atomic E-state index is 12.3. The van der Waals surface area contributed by atoms with E-state index in [1.165, 1.54) is 37.4 Å². The molecule has 9 nitrogen and oxygen atoms in total. The van der Waals surface area contributed by atoms with E-state index in [1.54, 1.807) is 30.3 Å². The monoisotopic (exact) mass is 420 g/mol. The lowest BCUT2D eigenvalue weighted by atomic mass is 10.1. The van der Waals surface area contributed by atoms with Crippen LogP contribution in [0.2, 0.25) is 0 Å². The molecule has 0 aliphatic rings. The zero-order valence-electron chi connectivity index (χ0n) is 16.2. The van der Waals surface area contributed by atoms with Crippen LogP contribution in [-0.2, 0) is 4.74 Å². The number of aromatic hydroxyl groups is 1. The Hall–Kier alpha value is -4.53. The second-order valence-corrected chi connectivity index (χ2v) is 6.13. The summed E-state index contributed by atoms with van der Waals surface area (Å²) in [7, 11) is 1.18. The predicted octanol–water partition coefficient (Wildman–Crippen LogP) is 4.51. The number of carboxylic acid groups (broad SMARTS) is 1. The summed E-state index contributed by atoms with van der Waals surface area (Å²) in [6.45, 7) is 0. The van der Waals surface area contributed by atoms with Gasteiger partial charge in [-0.05, 0) is 48.5 Å². The molecular formula is C22H16N2O7. The van der Waals surface area contributed by atoms with Crippen molar-refractivity contribution in [3.63, 3.8) is 0 Å². The molecule has 31 heavy (non-hydrogen) atoms. The Kier molecular flexibility index (Phi) is 6.36. The molecule has 0 spiro atoms.